The third-order valence-corrected chi connectivity index (χ3v) is 7.81. The topological polar surface area (TPSA) is 88.6 Å². The fraction of sp³-hybridized carbons (Fsp3) is 0.300. The van der Waals surface area contributed by atoms with Gasteiger partial charge in [-0.3, -0.25) is 4.79 Å². The average molecular weight is 432 g/mol. The van der Waals surface area contributed by atoms with E-state index in [1.54, 1.807) is 23.5 Å². The number of anilines is 1. The van der Waals surface area contributed by atoms with Gasteiger partial charge in [-0.15, -0.1) is 11.3 Å². The van der Waals surface area contributed by atoms with Gasteiger partial charge in [0.25, 0.3) is 0 Å². The number of hydrogen-bond donors (Lipinski definition) is 1. The van der Waals surface area contributed by atoms with Gasteiger partial charge < -0.3 is 10.1 Å². The number of nitrogens with zero attached hydrogens (tertiary/aromatic N) is 2. The van der Waals surface area contributed by atoms with Crippen LogP contribution in [0.4, 0.5) is 5.69 Å². The van der Waals surface area contributed by atoms with Crippen LogP contribution in [0.3, 0.4) is 0 Å². The van der Waals surface area contributed by atoms with Crippen LogP contribution in [0.25, 0.3) is 10.2 Å². The van der Waals surface area contributed by atoms with Crippen molar-refractivity contribution in [3.05, 3.63) is 47.5 Å². The molecule has 1 aliphatic heterocycles. The molecule has 9 heteroatoms. The van der Waals surface area contributed by atoms with Crippen molar-refractivity contribution in [1.82, 2.24) is 9.29 Å². The van der Waals surface area contributed by atoms with Crippen LogP contribution in [-0.2, 0) is 14.8 Å². The van der Waals surface area contributed by atoms with Gasteiger partial charge in [-0.2, -0.15) is 4.31 Å². The molecule has 0 saturated carbocycles. The second-order valence-corrected chi connectivity index (χ2v) is 9.98. The Bertz CT molecular complexity index is 1160. The quantitative estimate of drug-likeness (QED) is 0.669. The zero-order chi connectivity index (χ0) is 20.6. The van der Waals surface area contributed by atoms with Crippen molar-refractivity contribution in [2.24, 2.45) is 0 Å². The van der Waals surface area contributed by atoms with Crippen molar-refractivity contribution in [2.75, 3.05) is 19.0 Å². The molecular weight excluding hydrogens is 410 g/mol. The van der Waals surface area contributed by atoms with E-state index in [1.807, 2.05) is 25.1 Å². The first-order chi connectivity index (χ1) is 13.9. The number of thiazole rings is 1. The number of aryl methyl sites for hydroxylation is 1. The number of methoxy groups -OCH3 is 1. The Kier molecular flexibility index (Phi) is 5.28. The summed E-state index contributed by atoms with van der Waals surface area (Å²) in [5, 5.41) is 3.81. The van der Waals surface area contributed by atoms with Gasteiger partial charge in [0.2, 0.25) is 15.9 Å². The first-order valence-electron chi connectivity index (χ1n) is 9.22. The molecular formula is C20H21N3O4S2. The Hall–Kier alpha value is -2.49. The fourth-order valence-electron chi connectivity index (χ4n) is 3.52. The number of amides is 1. The normalized spacial score (nSPS) is 17.5. The minimum Gasteiger partial charge on any atom is -0.497 e. The van der Waals surface area contributed by atoms with Gasteiger partial charge in [-0.25, -0.2) is 13.4 Å². The summed E-state index contributed by atoms with van der Waals surface area (Å²) in [6, 6.07) is 11.0. The van der Waals surface area contributed by atoms with E-state index in [0.717, 1.165) is 15.2 Å². The Morgan fingerprint density at radius 3 is 2.72 bits per heavy atom. The third kappa shape index (κ3) is 3.85. The smallest absolute Gasteiger partial charge is 0.243 e. The van der Waals surface area contributed by atoms with Gasteiger partial charge in [-0.1, -0.05) is 0 Å². The van der Waals surface area contributed by atoms with E-state index in [4.69, 9.17) is 4.74 Å². The van der Waals surface area contributed by atoms with Crippen LogP contribution in [-0.4, -0.2) is 43.3 Å². The van der Waals surface area contributed by atoms with Gasteiger partial charge in [0.05, 0.1) is 27.2 Å². The van der Waals surface area contributed by atoms with Crippen LogP contribution in [0.15, 0.2) is 47.4 Å². The lowest BCUT2D eigenvalue weighted by molar-refractivity contribution is -0.119. The summed E-state index contributed by atoms with van der Waals surface area (Å²) in [7, 11) is -2.25. The number of benzene rings is 2. The van der Waals surface area contributed by atoms with Gasteiger partial charge in [0.15, 0.2) is 0 Å². The van der Waals surface area contributed by atoms with E-state index in [-0.39, 0.29) is 10.8 Å². The molecule has 2 aromatic carbocycles. The molecule has 0 spiro atoms. The molecule has 1 aromatic heterocycles. The standard InChI is InChI=1S/C20H21N3O4S2/c1-13-21-17-12-14(5-10-19(17)28-13)22-20(24)18-4-3-11-23(18)29(25,26)16-8-6-15(27-2)7-9-16/h5-10,12,18H,3-4,11H2,1-2H3,(H,22,24). The summed E-state index contributed by atoms with van der Waals surface area (Å²) in [6.45, 7) is 2.25. The number of carbonyl (C=O) groups excluding carboxylic acids is 1. The summed E-state index contributed by atoms with van der Waals surface area (Å²) in [4.78, 5) is 17.5. The summed E-state index contributed by atoms with van der Waals surface area (Å²) >= 11 is 1.59. The predicted octanol–water partition coefficient (Wildman–Crippen LogP) is 3.41. The van der Waals surface area contributed by atoms with E-state index >= 15 is 0 Å². The maximum absolute atomic E-state index is 13.1. The second-order valence-electron chi connectivity index (χ2n) is 6.85. The van der Waals surface area contributed by atoms with Crippen molar-refractivity contribution in [1.29, 1.82) is 0 Å². The highest BCUT2D eigenvalue weighted by Crippen LogP contribution is 2.29. The maximum atomic E-state index is 13.1. The van der Waals surface area contributed by atoms with Crippen LogP contribution in [0, 0.1) is 6.92 Å². The van der Waals surface area contributed by atoms with Crippen molar-refractivity contribution in [2.45, 2.75) is 30.7 Å². The molecule has 3 aromatic rings. The monoisotopic (exact) mass is 431 g/mol. The van der Waals surface area contributed by atoms with Crippen LogP contribution in [0.5, 0.6) is 5.75 Å². The minimum atomic E-state index is -3.78. The molecule has 152 valence electrons. The van der Waals surface area contributed by atoms with Crippen molar-refractivity contribution >= 4 is 43.2 Å². The number of hydrogen-bond acceptors (Lipinski definition) is 6. The van der Waals surface area contributed by atoms with Crippen molar-refractivity contribution < 1.29 is 17.9 Å². The van der Waals surface area contributed by atoms with E-state index in [2.05, 4.69) is 10.3 Å². The molecule has 4 rings (SSSR count). The van der Waals surface area contributed by atoms with E-state index in [1.165, 1.54) is 23.5 Å². The van der Waals surface area contributed by atoms with Gasteiger partial charge in [-0.05, 0) is 62.2 Å². The molecule has 0 radical (unpaired) electrons. The molecule has 29 heavy (non-hydrogen) atoms. The fourth-order valence-corrected chi connectivity index (χ4v) is 5.98. The van der Waals surface area contributed by atoms with Crippen LogP contribution in [0.1, 0.15) is 17.8 Å². The first kappa shape index (κ1) is 19.8. The summed E-state index contributed by atoms with van der Waals surface area (Å²) in [5.41, 5.74) is 1.43. The SMILES string of the molecule is COc1ccc(S(=O)(=O)N2CCCC2C(=O)Nc2ccc3sc(C)nc3c2)cc1. The molecule has 1 saturated heterocycles. The molecule has 1 atom stereocenters. The number of carbonyl (C=O) groups is 1. The molecule has 1 fully saturated rings. The Morgan fingerprint density at radius 1 is 1.24 bits per heavy atom. The van der Waals surface area contributed by atoms with E-state index in [0.29, 0.717) is 30.8 Å². The average Bonchev–Trinajstić information content (AvgIpc) is 3.34. The maximum Gasteiger partial charge on any atom is 0.243 e. The Balaban J connectivity index is 1.55. The predicted molar refractivity (Wildman–Crippen MR) is 113 cm³/mol. The van der Waals surface area contributed by atoms with Crippen molar-refractivity contribution in [3.63, 3.8) is 0 Å². The zero-order valence-corrected chi connectivity index (χ0v) is 17.7. The summed E-state index contributed by atoms with van der Waals surface area (Å²) < 4.78 is 33.6. The summed E-state index contributed by atoms with van der Waals surface area (Å²) in [6.07, 6.45) is 1.12. The van der Waals surface area contributed by atoms with Crippen LogP contribution in [0.2, 0.25) is 0 Å². The molecule has 0 bridgehead atoms. The van der Waals surface area contributed by atoms with E-state index < -0.39 is 16.1 Å². The highest BCUT2D eigenvalue weighted by molar-refractivity contribution is 7.89. The zero-order valence-electron chi connectivity index (χ0n) is 16.1. The number of ether oxygens (including phenoxy) is 1. The molecule has 0 aliphatic carbocycles. The second kappa shape index (κ2) is 7.74. The molecule has 1 N–H and O–H groups in total. The number of rotatable bonds is 5. The first-order valence-corrected chi connectivity index (χ1v) is 11.5. The number of nitrogens with one attached hydrogen (secondary N) is 1. The lowest BCUT2D eigenvalue weighted by Gasteiger charge is -2.23. The van der Waals surface area contributed by atoms with Gasteiger partial charge in [0, 0.05) is 12.2 Å². The van der Waals surface area contributed by atoms with Gasteiger partial charge >= 0.3 is 0 Å². The molecule has 1 unspecified atom stereocenters. The van der Waals surface area contributed by atoms with Crippen LogP contribution >= 0.6 is 11.3 Å². The van der Waals surface area contributed by atoms with Crippen molar-refractivity contribution in [3.8, 4) is 5.75 Å². The number of aromatic nitrogens is 1. The lowest BCUT2D eigenvalue weighted by atomic mass is 10.2. The molecule has 1 aliphatic rings. The van der Waals surface area contributed by atoms with E-state index in [9.17, 15) is 13.2 Å². The highest BCUT2D eigenvalue weighted by atomic mass is 32.2. The van der Waals surface area contributed by atoms with Crippen LogP contribution < -0.4 is 10.1 Å². The lowest BCUT2D eigenvalue weighted by Crippen LogP contribution is -2.43. The minimum absolute atomic E-state index is 0.150. The Labute approximate surface area is 173 Å². The summed E-state index contributed by atoms with van der Waals surface area (Å²) in [5.74, 6) is 0.248. The Morgan fingerprint density at radius 2 is 2.00 bits per heavy atom. The largest absolute Gasteiger partial charge is 0.497 e. The highest BCUT2D eigenvalue weighted by Gasteiger charge is 2.39. The number of fused-ring (bicyclic) bond motifs is 1. The molecule has 7 nitrogen and oxygen atoms in total. The van der Waals surface area contributed by atoms with Gasteiger partial charge in [0.1, 0.15) is 11.8 Å². The number of sulfonamides is 1. The molecule has 2 heterocycles. The third-order valence-electron chi connectivity index (χ3n) is 4.93. The molecule has 1 amide bonds.